The fraction of sp³-hybridized carbons (Fsp3) is 0.977. The Labute approximate surface area is 443 Å². The molecule has 454 valence electrons. The van der Waals surface area contributed by atoms with E-state index in [0.717, 1.165) is 6.92 Å². The molecule has 34 nitrogen and oxygen atoms in total. The van der Waals surface area contributed by atoms with Crippen LogP contribution in [-0.2, 0) is 66.4 Å². The molecule has 0 radical (unpaired) electrons. The third-order valence-corrected chi connectivity index (χ3v) is 14.8. The maximum Gasteiger partial charge on any atom is 0.217 e. The second-order valence-electron chi connectivity index (χ2n) is 20.3. The van der Waals surface area contributed by atoms with Crippen LogP contribution in [0.3, 0.4) is 0 Å². The van der Waals surface area contributed by atoms with Gasteiger partial charge in [-0.15, -0.1) is 0 Å². The highest BCUT2D eigenvalue weighted by atomic mass is 16.8. The lowest BCUT2D eigenvalue weighted by Gasteiger charge is -2.53. The Morgan fingerprint density at radius 3 is 1.15 bits per heavy atom. The molecule has 0 aromatic heterocycles. The van der Waals surface area contributed by atoms with Gasteiger partial charge in [0, 0.05) is 6.92 Å². The van der Waals surface area contributed by atoms with E-state index in [0.29, 0.717) is 0 Å². The molecule has 7 fully saturated rings. The number of nitrogens with one attached hydrogen (secondary N) is 1. The van der Waals surface area contributed by atoms with E-state index in [1.165, 1.54) is 20.8 Å². The Kier molecular flexibility index (Phi) is 21.9. The third-order valence-electron chi connectivity index (χ3n) is 14.8. The molecular formula is C44H75NO33. The van der Waals surface area contributed by atoms with Gasteiger partial charge in [0.05, 0.1) is 44.7 Å². The van der Waals surface area contributed by atoms with Crippen molar-refractivity contribution in [2.45, 2.75) is 243 Å². The van der Waals surface area contributed by atoms with E-state index in [-0.39, 0.29) is 0 Å². The lowest BCUT2D eigenvalue weighted by atomic mass is 9.93. The van der Waals surface area contributed by atoms with E-state index in [1.807, 2.05) is 0 Å². The number of rotatable bonds is 17. The Bertz CT molecular complexity index is 1890. The molecule has 20 N–H and O–H groups in total. The molecule has 0 bridgehead atoms. The number of hydrogen-bond donors (Lipinski definition) is 20. The molecule has 78 heavy (non-hydrogen) atoms. The van der Waals surface area contributed by atoms with Crippen LogP contribution in [0.15, 0.2) is 0 Å². The van der Waals surface area contributed by atoms with Crippen LogP contribution < -0.4 is 5.32 Å². The van der Waals surface area contributed by atoms with Crippen molar-refractivity contribution in [1.29, 1.82) is 0 Å². The monoisotopic (exact) mass is 1150 g/mol. The summed E-state index contributed by atoms with van der Waals surface area (Å²) in [5.74, 6) is -0.939. The molecule has 35 atom stereocenters. The summed E-state index contributed by atoms with van der Waals surface area (Å²) in [4.78, 5) is 13.4. The van der Waals surface area contributed by atoms with Crippen molar-refractivity contribution in [1.82, 2.24) is 5.32 Å². The number of aliphatic hydroxyl groups excluding tert-OH is 19. The van der Waals surface area contributed by atoms with Crippen LogP contribution in [0.2, 0.25) is 0 Å². The number of carbonyl (C=O) groups is 1. The summed E-state index contributed by atoms with van der Waals surface area (Å²) < 4.78 is 77.3. The summed E-state index contributed by atoms with van der Waals surface area (Å²) in [6.07, 6.45) is -65.1. The predicted molar refractivity (Wildman–Crippen MR) is 239 cm³/mol. The van der Waals surface area contributed by atoms with Crippen molar-refractivity contribution in [2.75, 3.05) is 26.4 Å². The Morgan fingerprint density at radius 1 is 0.333 bits per heavy atom. The number of ether oxygens (including phenoxy) is 13. The Morgan fingerprint density at radius 2 is 0.692 bits per heavy atom. The van der Waals surface area contributed by atoms with Crippen LogP contribution in [0.25, 0.3) is 0 Å². The van der Waals surface area contributed by atoms with Gasteiger partial charge >= 0.3 is 0 Å². The molecule has 7 heterocycles. The van der Waals surface area contributed by atoms with E-state index < -0.39 is 247 Å². The lowest BCUT2D eigenvalue weighted by Crippen LogP contribution is -2.72. The summed E-state index contributed by atoms with van der Waals surface area (Å²) in [5.41, 5.74) is 0. The van der Waals surface area contributed by atoms with Gasteiger partial charge in [-0.05, 0) is 20.8 Å². The number of hydrogen-bond acceptors (Lipinski definition) is 33. The molecule has 7 aliphatic heterocycles. The van der Waals surface area contributed by atoms with Crippen LogP contribution in [0.5, 0.6) is 0 Å². The van der Waals surface area contributed by atoms with Crippen molar-refractivity contribution >= 4 is 5.91 Å². The summed E-state index contributed by atoms with van der Waals surface area (Å²) in [7, 11) is 0. The second-order valence-corrected chi connectivity index (χ2v) is 20.3. The molecule has 0 saturated carbocycles. The molecule has 0 aliphatic carbocycles. The van der Waals surface area contributed by atoms with Crippen LogP contribution in [0, 0.1) is 0 Å². The maximum absolute atomic E-state index is 13.4. The van der Waals surface area contributed by atoms with Crippen LogP contribution >= 0.6 is 0 Å². The minimum atomic E-state index is -2.17. The van der Waals surface area contributed by atoms with E-state index in [4.69, 9.17) is 61.6 Å². The highest BCUT2D eigenvalue weighted by Gasteiger charge is 2.60. The van der Waals surface area contributed by atoms with Gasteiger partial charge in [-0.2, -0.15) is 0 Å². The first-order valence-corrected chi connectivity index (χ1v) is 25.2. The van der Waals surface area contributed by atoms with Crippen LogP contribution in [0.4, 0.5) is 0 Å². The van der Waals surface area contributed by atoms with E-state index >= 15 is 0 Å². The summed E-state index contributed by atoms with van der Waals surface area (Å²) in [6, 6.07) is -1.95. The van der Waals surface area contributed by atoms with Gasteiger partial charge in [-0.25, -0.2) is 0 Å². The largest absolute Gasteiger partial charge is 0.394 e. The molecule has 1 amide bonds. The van der Waals surface area contributed by atoms with Crippen molar-refractivity contribution in [2.24, 2.45) is 0 Å². The first-order chi connectivity index (χ1) is 36.8. The topological polar surface area (TPSA) is 533 Å². The molecular weight excluding hydrogens is 1070 g/mol. The minimum Gasteiger partial charge on any atom is -0.394 e. The van der Waals surface area contributed by atoms with Crippen LogP contribution in [-0.4, -0.2) is 344 Å². The van der Waals surface area contributed by atoms with Crippen LogP contribution in [0.1, 0.15) is 27.7 Å². The molecule has 0 aromatic carbocycles. The van der Waals surface area contributed by atoms with Gasteiger partial charge in [-0.1, -0.05) is 0 Å². The molecule has 34 heteroatoms. The highest BCUT2D eigenvalue weighted by Crippen LogP contribution is 2.40. The average molecular weight is 1150 g/mol. The SMILES string of the molecule is CC(=O)N[C@H]1[C@H](O[C@H]2[C@@H](O)[C@@H](CO)O[C@@H](O[C@H]3[C@H](O)[C@@H](O)C(O)O[C@@H]3CO)[C@@H]2O[C@H]2O[C@H](C)[C@H](O)[C@H](O)[C@H]2O)O[C@H](CO)[C@@H](O[C@@H]2O[C@H](CO)[C@H](O)[C@H](O)[C@H]2O[C@H]2O[C@H](C)[C@H](O)[C@H](O)[C@H]2O)[C@@H]1O[C@H]1O[C@H](C)[C@H](O)[C@H](O)[C@H]1O. The molecule has 1 unspecified atom stereocenters. The quantitative estimate of drug-likeness (QED) is 0.0643. The van der Waals surface area contributed by atoms with Crippen molar-refractivity contribution < 1.29 is 163 Å². The third kappa shape index (κ3) is 13.1. The Balaban J connectivity index is 1.31. The van der Waals surface area contributed by atoms with E-state index in [2.05, 4.69) is 5.32 Å². The number of amides is 1. The van der Waals surface area contributed by atoms with Crippen molar-refractivity contribution in [3.63, 3.8) is 0 Å². The van der Waals surface area contributed by atoms with Gasteiger partial charge in [0.15, 0.2) is 44.0 Å². The molecule has 0 aromatic rings. The fourth-order valence-electron chi connectivity index (χ4n) is 10.2. The molecule has 7 rings (SSSR count). The first kappa shape index (κ1) is 63.8. The van der Waals surface area contributed by atoms with Crippen molar-refractivity contribution in [3.8, 4) is 0 Å². The van der Waals surface area contributed by atoms with Gasteiger partial charge in [0.2, 0.25) is 5.91 Å². The first-order valence-electron chi connectivity index (χ1n) is 25.2. The summed E-state index contributed by atoms with van der Waals surface area (Å²) >= 11 is 0. The average Bonchev–Trinajstić information content (AvgIpc) is 3.56. The van der Waals surface area contributed by atoms with Gasteiger partial charge in [-0.3, -0.25) is 4.79 Å². The Hall–Kier alpha value is -1.81. The zero-order valence-corrected chi connectivity index (χ0v) is 42.2. The smallest absolute Gasteiger partial charge is 0.217 e. The summed E-state index contributed by atoms with van der Waals surface area (Å²) in [5, 5.41) is 208. The molecule has 7 aliphatic rings. The fourth-order valence-corrected chi connectivity index (χ4v) is 10.2. The summed E-state index contributed by atoms with van der Waals surface area (Å²) in [6.45, 7) is 0.586. The van der Waals surface area contributed by atoms with Gasteiger partial charge < -0.3 is 164 Å². The second kappa shape index (κ2) is 26.8. The number of aliphatic hydroxyl groups is 19. The molecule has 0 spiro atoms. The van der Waals surface area contributed by atoms with Gasteiger partial charge in [0.25, 0.3) is 0 Å². The predicted octanol–water partition coefficient (Wildman–Crippen LogP) is -13.0. The van der Waals surface area contributed by atoms with Crippen molar-refractivity contribution in [3.05, 3.63) is 0 Å². The lowest BCUT2D eigenvalue weighted by molar-refractivity contribution is -0.411. The van der Waals surface area contributed by atoms with E-state index in [9.17, 15) is 102 Å². The normalized spacial score (nSPS) is 53.4. The van der Waals surface area contributed by atoms with Gasteiger partial charge in [0.1, 0.15) is 153 Å². The molecule has 7 saturated heterocycles. The van der Waals surface area contributed by atoms with E-state index in [1.54, 1.807) is 0 Å². The number of carbonyl (C=O) groups excluding carboxylic acids is 1. The zero-order valence-electron chi connectivity index (χ0n) is 42.2. The highest BCUT2D eigenvalue weighted by molar-refractivity contribution is 5.73. The minimum absolute atomic E-state index is 0.939. The zero-order chi connectivity index (χ0) is 57.5. The standard InChI is InChI=1S/C44H75NO33/c1-9-18(51)23(56)29(62)40(66-9)75-34-17(45-12(4)50)39(72-16(8-49)33(34)74-43-36(26(59)21(54)13(5-46)70-43)77-41-30(63)24(57)19(52)10(2)67-41)76-35-22(55)14(6-47)71-44(73-32-15(7-48)69-38(65)28(61)27(32)60)37(35)78-42-31(64)25(58)20(53)11(3)68-42/h9-11,13-44,46-49,51-65H,5-8H2,1-4H3,(H,45,50)/t9-,10-,11-,13-,14-,15-,16-,17-,18+,19+,20+,21+,22+,23+,24+,25+,26+,27-,28-,29-,30-,31-,32-,33-,34-,35+,36-,37-,38?,39+,40-,41-,42-,43+,44+/m1/s1. The maximum atomic E-state index is 13.4.